The molecule has 0 fully saturated rings. The number of hydrogen-bond acceptors (Lipinski definition) is 3. The summed E-state index contributed by atoms with van der Waals surface area (Å²) in [6, 6.07) is 12.8. The van der Waals surface area contributed by atoms with Gasteiger partial charge in [0.1, 0.15) is 6.04 Å². The van der Waals surface area contributed by atoms with Crippen LogP contribution in [0.15, 0.2) is 42.5 Å². The predicted octanol–water partition coefficient (Wildman–Crippen LogP) is 4.55. The molecule has 144 valence electrons. The van der Waals surface area contributed by atoms with Gasteiger partial charge in [-0.25, -0.2) is 4.79 Å². The zero-order chi connectivity index (χ0) is 19.8. The van der Waals surface area contributed by atoms with E-state index in [9.17, 15) is 14.7 Å². The SMILES string of the molecule is CCc1ccc(C(=O)NC(CCCSC)C(=O)O)c(-c2ccccc2C)c1. The van der Waals surface area contributed by atoms with E-state index in [0.29, 0.717) is 12.0 Å². The number of carboxylic acid groups (broad SMARTS) is 1. The second-order valence-corrected chi connectivity index (χ2v) is 7.53. The summed E-state index contributed by atoms with van der Waals surface area (Å²) in [6.07, 6.45) is 4.03. The number of carbonyl (C=O) groups excluding carboxylic acids is 1. The molecule has 2 aromatic rings. The van der Waals surface area contributed by atoms with Crippen LogP contribution in [0.3, 0.4) is 0 Å². The van der Waals surface area contributed by atoms with E-state index in [2.05, 4.69) is 12.2 Å². The molecule has 4 nitrogen and oxygen atoms in total. The van der Waals surface area contributed by atoms with Gasteiger partial charge in [-0.3, -0.25) is 4.79 Å². The largest absolute Gasteiger partial charge is 0.480 e. The van der Waals surface area contributed by atoms with Crippen LogP contribution in [0.1, 0.15) is 41.3 Å². The first-order valence-corrected chi connectivity index (χ1v) is 10.6. The lowest BCUT2D eigenvalue weighted by Gasteiger charge is -2.17. The zero-order valence-electron chi connectivity index (χ0n) is 16.1. The van der Waals surface area contributed by atoms with E-state index in [1.807, 2.05) is 49.6 Å². The summed E-state index contributed by atoms with van der Waals surface area (Å²) in [5, 5.41) is 12.2. The minimum absolute atomic E-state index is 0.340. The first kappa shape index (κ1) is 21.0. The smallest absolute Gasteiger partial charge is 0.326 e. The van der Waals surface area contributed by atoms with Gasteiger partial charge in [0.2, 0.25) is 0 Å². The maximum absolute atomic E-state index is 12.9. The van der Waals surface area contributed by atoms with Crippen LogP contribution >= 0.6 is 11.8 Å². The Balaban J connectivity index is 2.35. The third kappa shape index (κ3) is 5.60. The predicted molar refractivity (Wildman–Crippen MR) is 112 cm³/mol. The van der Waals surface area contributed by atoms with Gasteiger partial charge < -0.3 is 10.4 Å². The summed E-state index contributed by atoms with van der Waals surface area (Å²) >= 11 is 1.67. The molecular formula is C22H27NO3S. The Morgan fingerprint density at radius 2 is 1.89 bits per heavy atom. The second kappa shape index (κ2) is 10.2. The summed E-state index contributed by atoms with van der Waals surface area (Å²) < 4.78 is 0. The highest BCUT2D eigenvalue weighted by atomic mass is 32.2. The molecule has 27 heavy (non-hydrogen) atoms. The van der Waals surface area contributed by atoms with Crippen molar-refractivity contribution in [1.29, 1.82) is 0 Å². The number of aryl methyl sites for hydroxylation is 2. The van der Waals surface area contributed by atoms with Gasteiger partial charge in [-0.1, -0.05) is 43.3 Å². The molecule has 1 atom stereocenters. The van der Waals surface area contributed by atoms with Gasteiger partial charge in [0.25, 0.3) is 5.91 Å². The number of nitrogens with one attached hydrogen (secondary N) is 1. The standard InChI is InChI=1S/C22H27NO3S/c1-4-16-11-12-18(19(14-16)17-9-6-5-8-15(17)2)21(24)23-20(22(25)26)10-7-13-27-3/h5-6,8-9,11-12,14,20H,4,7,10,13H2,1-3H3,(H,23,24)(H,25,26). The van der Waals surface area contributed by atoms with Crippen molar-refractivity contribution in [3.05, 3.63) is 59.2 Å². The molecule has 0 aliphatic carbocycles. The fourth-order valence-electron chi connectivity index (χ4n) is 3.03. The lowest BCUT2D eigenvalue weighted by Crippen LogP contribution is -2.41. The quantitative estimate of drug-likeness (QED) is 0.622. The first-order chi connectivity index (χ1) is 13.0. The topological polar surface area (TPSA) is 66.4 Å². The van der Waals surface area contributed by atoms with Crippen molar-refractivity contribution in [2.45, 2.75) is 39.2 Å². The van der Waals surface area contributed by atoms with Crippen molar-refractivity contribution in [3.8, 4) is 11.1 Å². The lowest BCUT2D eigenvalue weighted by molar-refractivity contribution is -0.139. The molecule has 2 rings (SSSR count). The number of hydrogen-bond donors (Lipinski definition) is 2. The van der Waals surface area contributed by atoms with Crippen molar-refractivity contribution in [1.82, 2.24) is 5.32 Å². The molecule has 0 spiro atoms. The fourth-order valence-corrected chi connectivity index (χ4v) is 3.49. The molecule has 5 heteroatoms. The number of carboxylic acids is 1. The van der Waals surface area contributed by atoms with Crippen molar-refractivity contribution in [3.63, 3.8) is 0 Å². The Morgan fingerprint density at radius 1 is 1.15 bits per heavy atom. The summed E-state index contributed by atoms with van der Waals surface area (Å²) in [6.45, 7) is 4.08. The molecule has 0 bridgehead atoms. The van der Waals surface area contributed by atoms with Gasteiger partial charge in [-0.05, 0) is 66.5 Å². The Kier molecular flexibility index (Phi) is 7.92. The molecule has 1 unspecified atom stereocenters. The molecule has 0 saturated carbocycles. The molecular weight excluding hydrogens is 358 g/mol. The van der Waals surface area contributed by atoms with E-state index in [0.717, 1.165) is 40.8 Å². The maximum atomic E-state index is 12.9. The van der Waals surface area contributed by atoms with Gasteiger partial charge in [-0.2, -0.15) is 11.8 Å². The molecule has 0 aromatic heterocycles. The Bertz CT molecular complexity index is 804. The molecule has 0 saturated heterocycles. The third-order valence-electron chi connectivity index (χ3n) is 4.62. The molecule has 0 radical (unpaired) electrons. The molecule has 2 aromatic carbocycles. The normalized spacial score (nSPS) is 11.8. The number of rotatable bonds is 9. The first-order valence-electron chi connectivity index (χ1n) is 9.19. The number of amides is 1. The van der Waals surface area contributed by atoms with E-state index in [4.69, 9.17) is 0 Å². The van der Waals surface area contributed by atoms with Gasteiger partial charge in [0.15, 0.2) is 0 Å². The van der Waals surface area contributed by atoms with Crippen LogP contribution in [0.2, 0.25) is 0 Å². The fraction of sp³-hybridized carbons (Fsp3) is 0.364. The summed E-state index contributed by atoms with van der Waals surface area (Å²) in [7, 11) is 0. The average molecular weight is 386 g/mol. The van der Waals surface area contributed by atoms with Crippen molar-refractivity contribution < 1.29 is 14.7 Å². The molecule has 0 aliphatic heterocycles. The minimum Gasteiger partial charge on any atom is -0.480 e. The number of aliphatic carboxylic acids is 1. The van der Waals surface area contributed by atoms with E-state index in [1.54, 1.807) is 17.8 Å². The highest BCUT2D eigenvalue weighted by molar-refractivity contribution is 7.98. The van der Waals surface area contributed by atoms with Crippen LogP contribution in [0.5, 0.6) is 0 Å². The van der Waals surface area contributed by atoms with Crippen LogP contribution in [0.25, 0.3) is 11.1 Å². The zero-order valence-corrected chi connectivity index (χ0v) is 16.9. The third-order valence-corrected chi connectivity index (χ3v) is 5.31. The van der Waals surface area contributed by atoms with Crippen LogP contribution in [0, 0.1) is 6.92 Å². The van der Waals surface area contributed by atoms with Gasteiger partial charge in [0.05, 0.1) is 0 Å². The number of carbonyl (C=O) groups is 2. The molecule has 0 aliphatic rings. The Labute approximate surface area is 165 Å². The Morgan fingerprint density at radius 3 is 2.52 bits per heavy atom. The maximum Gasteiger partial charge on any atom is 0.326 e. The van der Waals surface area contributed by atoms with E-state index < -0.39 is 12.0 Å². The average Bonchev–Trinajstić information content (AvgIpc) is 2.67. The molecule has 0 heterocycles. The van der Waals surface area contributed by atoms with E-state index in [-0.39, 0.29) is 5.91 Å². The van der Waals surface area contributed by atoms with Gasteiger partial charge in [-0.15, -0.1) is 0 Å². The summed E-state index contributed by atoms with van der Waals surface area (Å²) in [5.41, 5.74) is 4.57. The summed E-state index contributed by atoms with van der Waals surface area (Å²) in [5.74, 6) is -0.459. The second-order valence-electron chi connectivity index (χ2n) is 6.55. The van der Waals surface area contributed by atoms with Crippen molar-refractivity contribution >= 4 is 23.6 Å². The van der Waals surface area contributed by atoms with Gasteiger partial charge in [0, 0.05) is 5.56 Å². The molecule has 1 amide bonds. The highest BCUT2D eigenvalue weighted by Gasteiger charge is 2.22. The Hall–Kier alpha value is -2.27. The van der Waals surface area contributed by atoms with Crippen LogP contribution < -0.4 is 5.32 Å². The van der Waals surface area contributed by atoms with Crippen molar-refractivity contribution in [2.75, 3.05) is 12.0 Å². The monoisotopic (exact) mass is 385 g/mol. The van der Waals surface area contributed by atoms with Gasteiger partial charge >= 0.3 is 5.97 Å². The van der Waals surface area contributed by atoms with Crippen LogP contribution in [-0.4, -0.2) is 35.0 Å². The van der Waals surface area contributed by atoms with Crippen molar-refractivity contribution in [2.24, 2.45) is 0 Å². The van der Waals surface area contributed by atoms with Crippen LogP contribution in [-0.2, 0) is 11.2 Å². The molecule has 2 N–H and O–H groups in total. The minimum atomic E-state index is -0.993. The summed E-state index contributed by atoms with van der Waals surface area (Å²) in [4.78, 5) is 24.5. The van der Waals surface area contributed by atoms with E-state index in [1.165, 1.54) is 0 Å². The van der Waals surface area contributed by atoms with E-state index >= 15 is 0 Å². The van der Waals surface area contributed by atoms with Crippen LogP contribution in [0.4, 0.5) is 0 Å². The lowest BCUT2D eigenvalue weighted by atomic mass is 9.93. The highest BCUT2D eigenvalue weighted by Crippen LogP contribution is 2.28. The number of thioether (sulfide) groups is 1. The number of benzene rings is 2.